The Morgan fingerprint density at radius 2 is 1.92 bits per heavy atom. The van der Waals surface area contributed by atoms with Gasteiger partial charge in [0.1, 0.15) is 11.6 Å². The zero-order chi connectivity index (χ0) is 18.7. The highest BCUT2D eigenvalue weighted by molar-refractivity contribution is 5.93. The van der Waals surface area contributed by atoms with E-state index in [0.717, 1.165) is 5.56 Å². The number of halogens is 1. The van der Waals surface area contributed by atoms with Crippen molar-refractivity contribution in [3.05, 3.63) is 77.1 Å². The summed E-state index contributed by atoms with van der Waals surface area (Å²) in [5.41, 5.74) is 6.94. The van der Waals surface area contributed by atoms with E-state index in [2.05, 4.69) is 15.4 Å². The first-order valence-corrected chi connectivity index (χ1v) is 7.80. The number of nitrogens with one attached hydrogen (secondary N) is 1. The molecule has 2 amide bonds. The molecule has 0 aliphatic carbocycles. The van der Waals surface area contributed by atoms with Crippen molar-refractivity contribution in [3.63, 3.8) is 0 Å². The van der Waals surface area contributed by atoms with Gasteiger partial charge < -0.3 is 11.1 Å². The molecule has 0 saturated carbocycles. The van der Waals surface area contributed by atoms with Crippen molar-refractivity contribution in [1.82, 2.24) is 20.1 Å². The Labute approximate surface area is 148 Å². The summed E-state index contributed by atoms with van der Waals surface area (Å²) in [5.74, 6) is -0.856. The summed E-state index contributed by atoms with van der Waals surface area (Å²) < 4.78 is 14.5. The second-order valence-corrected chi connectivity index (χ2v) is 5.62. The average molecular weight is 353 g/mol. The fourth-order valence-corrected chi connectivity index (χ4v) is 2.41. The van der Waals surface area contributed by atoms with Crippen LogP contribution >= 0.6 is 0 Å². The van der Waals surface area contributed by atoms with Crippen LogP contribution in [0.15, 0.2) is 48.5 Å². The van der Waals surface area contributed by atoms with Crippen molar-refractivity contribution in [1.29, 1.82) is 0 Å². The predicted molar refractivity (Wildman–Crippen MR) is 92.2 cm³/mol. The summed E-state index contributed by atoms with van der Waals surface area (Å²) in [5, 5.41) is 6.86. The second kappa shape index (κ2) is 7.14. The number of carbonyl (C=O) groups excluding carboxylic acids is 2. The van der Waals surface area contributed by atoms with Gasteiger partial charge in [0.25, 0.3) is 5.91 Å². The number of hydrogen-bond acceptors (Lipinski definition) is 4. The molecule has 0 bridgehead atoms. The molecule has 0 aliphatic rings. The fourth-order valence-electron chi connectivity index (χ4n) is 2.41. The number of carbonyl (C=O) groups is 2. The van der Waals surface area contributed by atoms with E-state index in [1.54, 1.807) is 43.3 Å². The van der Waals surface area contributed by atoms with Gasteiger partial charge >= 0.3 is 0 Å². The number of aryl methyl sites for hydroxylation is 1. The Kier molecular flexibility index (Phi) is 4.74. The molecule has 0 fully saturated rings. The maximum atomic E-state index is 13.0. The topological polar surface area (TPSA) is 103 Å². The molecular weight excluding hydrogens is 337 g/mol. The third-order valence-corrected chi connectivity index (χ3v) is 3.71. The smallest absolute Gasteiger partial charge is 0.291 e. The monoisotopic (exact) mass is 353 g/mol. The summed E-state index contributed by atoms with van der Waals surface area (Å²) in [7, 11) is 0. The van der Waals surface area contributed by atoms with Gasteiger partial charge in [-0.05, 0) is 48.9 Å². The third-order valence-electron chi connectivity index (χ3n) is 3.71. The maximum absolute atomic E-state index is 13.0. The summed E-state index contributed by atoms with van der Waals surface area (Å²) in [6.45, 7) is 1.90. The molecule has 26 heavy (non-hydrogen) atoms. The fraction of sp³-hybridized carbons (Fsp3) is 0.111. The zero-order valence-corrected chi connectivity index (χ0v) is 13.9. The lowest BCUT2D eigenvalue weighted by Gasteiger charge is -2.04. The van der Waals surface area contributed by atoms with Gasteiger partial charge in [-0.25, -0.2) is 14.1 Å². The van der Waals surface area contributed by atoms with Crippen LogP contribution in [0.1, 0.15) is 32.4 Å². The number of amides is 2. The molecule has 3 N–H and O–H groups in total. The molecular formula is C18H16FN5O2. The number of rotatable bonds is 5. The van der Waals surface area contributed by atoms with E-state index >= 15 is 0 Å². The van der Waals surface area contributed by atoms with Crippen LogP contribution in [0.5, 0.6) is 0 Å². The Bertz CT molecular complexity index is 966. The van der Waals surface area contributed by atoms with Crippen LogP contribution in [-0.2, 0) is 6.54 Å². The predicted octanol–water partition coefficient (Wildman–Crippen LogP) is 1.74. The number of nitrogens with zero attached hydrogens (tertiary/aromatic N) is 3. The number of aromatic nitrogens is 3. The highest BCUT2D eigenvalue weighted by Gasteiger charge is 2.15. The molecule has 132 valence electrons. The molecule has 0 spiro atoms. The lowest BCUT2D eigenvalue weighted by Crippen LogP contribution is -2.24. The van der Waals surface area contributed by atoms with Gasteiger partial charge in [0.05, 0.1) is 5.69 Å². The molecule has 7 nitrogen and oxygen atoms in total. The van der Waals surface area contributed by atoms with E-state index in [1.165, 1.54) is 16.8 Å². The first-order valence-electron chi connectivity index (χ1n) is 7.80. The average Bonchev–Trinajstić information content (AvgIpc) is 3.02. The number of nitrogens with two attached hydrogens (primary N) is 1. The van der Waals surface area contributed by atoms with Crippen molar-refractivity contribution in [2.45, 2.75) is 13.5 Å². The van der Waals surface area contributed by atoms with Crippen molar-refractivity contribution in [2.75, 3.05) is 0 Å². The first-order chi connectivity index (χ1) is 12.4. The zero-order valence-electron chi connectivity index (χ0n) is 13.9. The minimum absolute atomic E-state index is 0.00196. The number of benzene rings is 2. The normalized spacial score (nSPS) is 10.5. The molecule has 0 radical (unpaired) electrons. The molecule has 0 unspecified atom stereocenters. The molecule has 0 atom stereocenters. The van der Waals surface area contributed by atoms with Crippen LogP contribution < -0.4 is 11.1 Å². The van der Waals surface area contributed by atoms with Crippen molar-refractivity contribution >= 4 is 11.8 Å². The Morgan fingerprint density at radius 1 is 1.19 bits per heavy atom. The summed E-state index contributed by atoms with van der Waals surface area (Å²) in [6, 6.07) is 12.4. The number of primary amides is 1. The summed E-state index contributed by atoms with van der Waals surface area (Å²) in [6.07, 6.45) is 0. The van der Waals surface area contributed by atoms with Gasteiger partial charge in [0.2, 0.25) is 11.7 Å². The van der Waals surface area contributed by atoms with Crippen molar-refractivity contribution in [3.8, 4) is 5.69 Å². The Morgan fingerprint density at radius 3 is 2.62 bits per heavy atom. The van der Waals surface area contributed by atoms with Crippen LogP contribution in [0.4, 0.5) is 4.39 Å². The molecule has 8 heteroatoms. The van der Waals surface area contributed by atoms with Crippen LogP contribution in [-0.4, -0.2) is 26.6 Å². The minimum atomic E-state index is -0.534. The second-order valence-electron chi connectivity index (χ2n) is 5.62. The summed E-state index contributed by atoms with van der Waals surface area (Å²) in [4.78, 5) is 27.6. The van der Waals surface area contributed by atoms with E-state index in [4.69, 9.17) is 5.73 Å². The van der Waals surface area contributed by atoms with Crippen LogP contribution in [0.3, 0.4) is 0 Å². The van der Waals surface area contributed by atoms with Crippen LogP contribution in [0.25, 0.3) is 5.69 Å². The van der Waals surface area contributed by atoms with E-state index in [9.17, 15) is 14.0 Å². The highest BCUT2D eigenvalue weighted by Crippen LogP contribution is 2.11. The number of hydrogen-bond donors (Lipinski definition) is 2. The quantitative estimate of drug-likeness (QED) is 0.729. The lowest BCUT2D eigenvalue weighted by atomic mass is 10.1. The van der Waals surface area contributed by atoms with E-state index in [0.29, 0.717) is 17.1 Å². The van der Waals surface area contributed by atoms with E-state index < -0.39 is 11.8 Å². The molecule has 0 aliphatic heterocycles. The van der Waals surface area contributed by atoms with Crippen molar-refractivity contribution in [2.24, 2.45) is 5.73 Å². The van der Waals surface area contributed by atoms with Gasteiger partial charge in [0.15, 0.2) is 0 Å². The molecule has 0 saturated heterocycles. The summed E-state index contributed by atoms with van der Waals surface area (Å²) >= 11 is 0. The molecule has 1 aromatic heterocycles. The largest absolute Gasteiger partial charge is 0.366 e. The van der Waals surface area contributed by atoms with Gasteiger partial charge in [-0.1, -0.05) is 12.1 Å². The van der Waals surface area contributed by atoms with Gasteiger partial charge in [-0.3, -0.25) is 9.59 Å². The van der Waals surface area contributed by atoms with E-state index in [1.807, 2.05) is 0 Å². The highest BCUT2D eigenvalue weighted by atomic mass is 19.1. The standard InChI is InChI=1S/C18H16FN5O2/c1-11-22-17(23-24(11)15-7-5-14(19)6-8-15)18(26)21-10-12-3-2-4-13(9-12)16(20)25/h2-9H,10H2,1H3,(H2,20,25)(H,21,26). The van der Waals surface area contributed by atoms with Gasteiger partial charge in [-0.2, -0.15) is 0 Å². The molecule has 1 heterocycles. The molecule has 2 aromatic carbocycles. The minimum Gasteiger partial charge on any atom is -0.366 e. The van der Waals surface area contributed by atoms with Crippen LogP contribution in [0.2, 0.25) is 0 Å². The van der Waals surface area contributed by atoms with Crippen molar-refractivity contribution < 1.29 is 14.0 Å². The third kappa shape index (κ3) is 3.75. The lowest BCUT2D eigenvalue weighted by molar-refractivity contribution is 0.0940. The van der Waals surface area contributed by atoms with Gasteiger partial charge in [0, 0.05) is 12.1 Å². The molecule has 3 aromatic rings. The Hall–Kier alpha value is -3.55. The van der Waals surface area contributed by atoms with E-state index in [-0.39, 0.29) is 18.2 Å². The molecule has 3 rings (SSSR count). The van der Waals surface area contributed by atoms with Gasteiger partial charge in [-0.15, -0.1) is 5.10 Å². The van der Waals surface area contributed by atoms with Crippen LogP contribution in [0, 0.1) is 12.7 Å². The SMILES string of the molecule is Cc1nc(C(=O)NCc2cccc(C(N)=O)c2)nn1-c1ccc(F)cc1. The Balaban J connectivity index is 1.73. The maximum Gasteiger partial charge on any atom is 0.291 e. The first kappa shape index (κ1) is 17.3.